The summed E-state index contributed by atoms with van der Waals surface area (Å²) in [7, 11) is 0. The number of hydrogen-bond donors (Lipinski definition) is 1. The molecule has 37 heavy (non-hydrogen) atoms. The summed E-state index contributed by atoms with van der Waals surface area (Å²) >= 11 is 0. The molecule has 0 saturated heterocycles. The predicted octanol–water partition coefficient (Wildman–Crippen LogP) is 9.46. The average molecular weight is 487 g/mol. The molecule has 0 aliphatic heterocycles. The van der Waals surface area contributed by atoms with Gasteiger partial charge in [-0.15, -0.1) is 0 Å². The van der Waals surface area contributed by atoms with Crippen LogP contribution in [0.25, 0.3) is 22.8 Å². The highest BCUT2D eigenvalue weighted by Gasteiger charge is 2.27. The predicted molar refractivity (Wildman–Crippen MR) is 154 cm³/mol. The Morgan fingerprint density at radius 2 is 1.11 bits per heavy atom. The van der Waals surface area contributed by atoms with E-state index in [2.05, 4.69) is 93.7 Å². The summed E-state index contributed by atoms with van der Waals surface area (Å²) in [6.07, 6.45) is 0. The second kappa shape index (κ2) is 10.9. The van der Waals surface area contributed by atoms with E-state index in [1.807, 2.05) is 48.5 Å². The number of rotatable bonds is 8. The highest BCUT2D eigenvalue weighted by Crippen LogP contribution is 2.40. The maximum atomic E-state index is 6.53. The van der Waals surface area contributed by atoms with E-state index in [4.69, 9.17) is 9.40 Å². The fourth-order valence-electron chi connectivity index (χ4n) is 4.85. The van der Waals surface area contributed by atoms with Gasteiger partial charge in [0, 0.05) is 16.8 Å². The van der Waals surface area contributed by atoms with Crippen LogP contribution in [0.3, 0.4) is 0 Å². The van der Waals surface area contributed by atoms with Crippen molar-refractivity contribution in [1.29, 1.82) is 0 Å². The Balaban J connectivity index is 1.73. The van der Waals surface area contributed by atoms with Crippen LogP contribution in [0.1, 0.15) is 68.0 Å². The van der Waals surface area contributed by atoms with Gasteiger partial charge in [-0.1, -0.05) is 125 Å². The molecule has 1 heterocycles. The quantitative estimate of drug-likeness (QED) is 0.237. The van der Waals surface area contributed by atoms with E-state index in [0.717, 1.165) is 28.1 Å². The molecule has 0 fully saturated rings. The number of hydrogen-bond acceptors (Lipinski definition) is 3. The largest absolute Gasteiger partial charge is 0.436 e. The van der Waals surface area contributed by atoms with Gasteiger partial charge in [-0.2, -0.15) is 0 Å². The van der Waals surface area contributed by atoms with Crippen LogP contribution in [-0.2, 0) is 0 Å². The third kappa shape index (κ3) is 5.22. The molecular formula is C34H34N2O. The molecule has 0 radical (unpaired) electrons. The first-order valence-electron chi connectivity index (χ1n) is 13.1. The van der Waals surface area contributed by atoms with Gasteiger partial charge in [0.1, 0.15) is 5.69 Å². The molecule has 0 aliphatic rings. The minimum atomic E-state index is -0.199. The lowest BCUT2D eigenvalue weighted by atomic mass is 9.91. The highest BCUT2D eigenvalue weighted by molar-refractivity contribution is 5.68. The van der Waals surface area contributed by atoms with Crippen LogP contribution in [0.15, 0.2) is 114 Å². The third-order valence-electron chi connectivity index (χ3n) is 6.78. The summed E-state index contributed by atoms with van der Waals surface area (Å²) < 4.78 is 6.53. The van der Waals surface area contributed by atoms with Crippen molar-refractivity contribution in [2.45, 2.75) is 45.6 Å². The van der Waals surface area contributed by atoms with Gasteiger partial charge in [-0.25, -0.2) is 4.98 Å². The van der Waals surface area contributed by atoms with Gasteiger partial charge < -0.3 is 9.73 Å². The normalized spacial score (nSPS) is 12.2. The van der Waals surface area contributed by atoms with E-state index in [-0.39, 0.29) is 6.04 Å². The maximum Gasteiger partial charge on any atom is 0.227 e. The van der Waals surface area contributed by atoms with E-state index in [9.17, 15) is 0 Å². The molecule has 0 amide bonds. The van der Waals surface area contributed by atoms with Crippen LogP contribution >= 0.6 is 0 Å². The van der Waals surface area contributed by atoms with Gasteiger partial charge in [0.15, 0.2) is 5.76 Å². The topological polar surface area (TPSA) is 38.1 Å². The molecule has 0 bridgehead atoms. The number of anilines is 1. The zero-order valence-electron chi connectivity index (χ0n) is 22.0. The Labute approximate surface area is 220 Å². The molecule has 3 nitrogen and oxygen atoms in total. The first-order chi connectivity index (χ1) is 18.0. The summed E-state index contributed by atoms with van der Waals surface area (Å²) in [5.41, 5.74) is 7.79. The summed E-state index contributed by atoms with van der Waals surface area (Å²) in [6, 6.07) is 37.4. The molecule has 5 aromatic rings. The van der Waals surface area contributed by atoms with Crippen LogP contribution in [0, 0.1) is 0 Å². The smallest absolute Gasteiger partial charge is 0.227 e. The number of nitrogens with zero attached hydrogens (tertiary/aromatic N) is 1. The number of oxazole rings is 1. The van der Waals surface area contributed by atoms with Gasteiger partial charge >= 0.3 is 0 Å². The fourth-order valence-corrected chi connectivity index (χ4v) is 4.85. The van der Waals surface area contributed by atoms with E-state index in [1.165, 1.54) is 16.8 Å². The zero-order valence-corrected chi connectivity index (χ0v) is 22.0. The lowest BCUT2D eigenvalue weighted by molar-refractivity contribution is 0.587. The van der Waals surface area contributed by atoms with Crippen LogP contribution in [0.5, 0.6) is 0 Å². The number of aromatic nitrogens is 1. The van der Waals surface area contributed by atoms with E-state index in [1.54, 1.807) is 0 Å². The van der Waals surface area contributed by atoms with Crippen molar-refractivity contribution in [3.05, 3.63) is 132 Å². The number of nitrogens with one attached hydrogen (secondary N) is 1. The number of benzene rings is 4. The van der Waals surface area contributed by atoms with E-state index in [0.29, 0.717) is 17.7 Å². The molecule has 186 valence electrons. The van der Waals surface area contributed by atoms with Gasteiger partial charge in [-0.3, -0.25) is 0 Å². The van der Waals surface area contributed by atoms with Crippen molar-refractivity contribution >= 4 is 5.69 Å². The summed E-state index contributed by atoms with van der Waals surface area (Å²) in [5, 5.41) is 3.96. The first kappa shape index (κ1) is 24.6. The Kier molecular flexibility index (Phi) is 7.23. The van der Waals surface area contributed by atoms with Crippen molar-refractivity contribution in [2.75, 3.05) is 5.32 Å². The summed E-state index contributed by atoms with van der Waals surface area (Å²) in [6.45, 7) is 9.00. The average Bonchev–Trinajstić information content (AvgIpc) is 3.38. The molecular weight excluding hydrogens is 452 g/mol. The molecule has 3 heteroatoms. The van der Waals surface area contributed by atoms with Gasteiger partial charge in [0.25, 0.3) is 0 Å². The second-order valence-electron chi connectivity index (χ2n) is 10.1. The summed E-state index contributed by atoms with van der Waals surface area (Å²) in [5.74, 6) is 2.17. The Morgan fingerprint density at radius 3 is 1.65 bits per heavy atom. The van der Waals surface area contributed by atoms with Gasteiger partial charge in [-0.05, 0) is 40.7 Å². The molecule has 1 unspecified atom stereocenters. The third-order valence-corrected chi connectivity index (χ3v) is 6.78. The van der Waals surface area contributed by atoms with Crippen LogP contribution < -0.4 is 5.32 Å². The lowest BCUT2D eigenvalue weighted by Crippen LogP contribution is -2.17. The van der Waals surface area contributed by atoms with Gasteiger partial charge in [0.2, 0.25) is 5.89 Å². The monoisotopic (exact) mass is 486 g/mol. The van der Waals surface area contributed by atoms with Crippen molar-refractivity contribution in [3.63, 3.8) is 0 Å². The highest BCUT2D eigenvalue weighted by atomic mass is 16.4. The molecule has 1 atom stereocenters. The van der Waals surface area contributed by atoms with Crippen LogP contribution in [0.2, 0.25) is 0 Å². The zero-order chi connectivity index (χ0) is 25.8. The molecule has 0 spiro atoms. The van der Waals surface area contributed by atoms with Crippen molar-refractivity contribution in [3.8, 4) is 22.8 Å². The molecule has 0 aliphatic carbocycles. The number of para-hydroxylation sites is 1. The SMILES string of the molecule is CC(C)c1cccc(C(C)C)c1NC(c1ccccc1)c1nc(-c2ccccc2)oc1-c1ccccc1. The molecule has 5 rings (SSSR count). The summed E-state index contributed by atoms with van der Waals surface area (Å²) in [4.78, 5) is 5.15. The van der Waals surface area contributed by atoms with E-state index < -0.39 is 0 Å². The Morgan fingerprint density at radius 1 is 0.595 bits per heavy atom. The van der Waals surface area contributed by atoms with E-state index >= 15 is 0 Å². The van der Waals surface area contributed by atoms with Gasteiger partial charge in [0.05, 0.1) is 6.04 Å². The van der Waals surface area contributed by atoms with Crippen LogP contribution in [-0.4, -0.2) is 4.98 Å². The minimum absolute atomic E-state index is 0.199. The molecule has 1 N–H and O–H groups in total. The molecule has 1 aromatic heterocycles. The van der Waals surface area contributed by atoms with Crippen molar-refractivity contribution in [2.24, 2.45) is 0 Å². The van der Waals surface area contributed by atoms with Crippen molar-refractivity contribution < 1.29 is 4.42 Å². The Bertz CT molecular complexity index is 1410. The van der Waals surface area contributed by atoms with Crippen LogP contribution in [0.4, 0.5) is 5.69 Å². The fraction of sp³-hybridized carbons (Fsp3) is 0.206. The standard InChI is InChI=1S/C34H34N2O/c1-23(2)28-21-14-22-29(24(3)4)31(28)35-30(25-15-8-5-9-16-25)32-33(26-17-10-6-11-18-26)37-34(36-32)27-19-12-7-13-20-27/h5-24,30,35H,1-4H3. The molecule has 4 aromatic carbocycles. The first-order valence-corrected chi connectivity index (χ1v) is 13.1. The maximum absolute atomic E-state index is 6.53. The second-order valence-corrected chi connectivity index (χ2v) is 10.1. The van der Waals surface area contributed by atoms with Crippen molar-refractivity contribution in [1.82, 2.24) is 4.98 Å². The lowest BCUT2D eigenvalue weighted by Gasteiger charge is -2.26. The minimum Gasteiger partial charge on any atom is -0.436 e. The molecule has 0 saturated carbocycles. The Hall–Kier alpha value is -4.11.